The summed E-state index contributed by atoms with van der Waals surface area (Å²) in [7, 11) is 1.80. The number of aromatic nitrogens is 6. The first kappa shape index (κ1) is 30.5. The fourth-order valence-corrected chi connectivity index (χ4v) is 6.08. The summed E-state index contributed by atoms with van der Waals surface area (Å²) < 4.78 is 74.9. The normalized spacial score (nSPS) is 14.4. The fourth-order valence-electron chi connectivity index (χ4n) is 5.28. The van der Waals surface area contributed by atoms with Crippen molar-refractivity contribution in [2.75, 3.05) is 6.61 Å². The van der Waals surface area contributed by atoms with Gasteiger partial charge in [0, 0.05) is 43.6 Å². The van der Waals surface area contributed by atoms with Crippen LogP contribution in [0.2, 0.25) is 0 Å². The predicted molar refractivity (Wildman–Crippen MR) is 162 cm³/mol. The van der Waals surface area contributed by atoms with Crippen LogP contribution in [0.3, 0.4) is 0 Å². The van der Waals surface area contributed by atoms with Gasteiger partial charge in [-0.3, -0.25) is 4.68 Å². The smallest absolute Gasteiger partial charge is 0.335 e. The van der Waals surface area contributed by atoms with E-state index in [9.17, 15) is 18.7 Å². The lowest BCUT2D eigenvalue weighted by Gasteiger charge is -2.27. The average Bonchev–Trinajstić information content (AvgIpc) is 3.75. The molecule has 5 heterocycles. The van der Waals surface area contributed by atoms with E-state index in [1.54, 1.807) is 28.7 Å². The Kier molecular flexibility index (Phi) is 7.93. The van der Waals surface area contributed by atoms with Gasteiger partial charge in [0.15, 0.2) is 11.6 Å². The lowest BCUT2D eigenvalue weighted by Crippen LogP contribution is -2.31. The number of ether oxygens (including phenoxy) is 2. The van der Waals surface area contributed by atoms with Gasteiger partial charge in [0.25, 0.3) is 5.88 Å². The number of imidazole rings is 1. The Bertz CT molecular complexity index is 2160. The van der Waals surface area contributed by atoms with Crippen LogP contribution in [0.25, 0.3) is 32.7 Å². The zero-order valence-electron chi connectivity index (χ0n) is 24.6. The van der Waals surface area contributed by atoms with Crippen LogP contribution in [-0.2, 0) is 31.4 Å². The first-order valence-corrected chi connectivity index (χ1v) is 15.2. The molecular weight excluding hydrogens is 640 g/mol. The molecule has 7 rings (SSSR count). The highest BCUT2D eigenvalue weighted by Crippen LogP contribution is 2.31. The average molecular weight is 665 g/mol. The van der Waals surface area contributed by atoms with Gasteiger partial charge in [0.1, 0.15) is 34.6 Å². The second-order valence-corrected chi connectivity index (χ2v) is 12.1. The van der Waals surface area contributed by atoms with Gasteiger partial charge in [0.05, 0.1) is 40.5 Å². The summed E-state index contributed by atoms with van der Waals surface area (Å²) in [4.78, 5) is 25.1. The first-order chi connectivity index (χ1) is 22.6. The molecule has 0 spiro atoms. The summed E-state index contributed by atoms with van der Waals surface area (Å²) >= 11 is 1.33. The molecule has 1 aliphatic heterocycles. The van der Waals surface area contributed by atoms with E-state index in [0.29, 0.717) is 11.6 Å². The Labute approximate surface area is 267 Å². The Morgan fingerprint density at radius 1 is 1.06 bits per heavy atom. The van der Waals surface area contributed by atoms with Crippen molar-refractivity contribution in [3.8, 4) is 27.6 Å². The number of halogens is 4. The zero-order chi connectivity index (χ0) is 32.8. The van der Waals surface area contributed by atoms with E-state index in [4.69, 9.17) is 9.47 Å². The Hall–Kier alpha value is -5.15. The van der Waals surface area contributed by atoms with E-state index in [-0.39, 0.29) is 64.9 Å². The first-order valence-electron chi connectivity index (χ1n) is 14.4. The molecule has 1 N–H and O–H groups in total. The van der Waals surface area contributed by atoms with Crippen LogP contribution in [0, 0.1) is 23.3 Å². The minimum atomic E-state index is -1.31. The number of carboxylic acids is 1. The zero-order valence-corrected chi connectivity index (χ0v) is 25.4. The van der Waals surface area contributed by atoms with E-state index in [1.807, 2.05) is 6.20 Å². The second-order valence-electron chi connectivity index (χ2n) is 10.9. The van der Waals surface area contributed by atoms with E-state index in [0.717, 1.165) is 41.1 Å². The predicted octanol–water partition coefficient (Wildman–Crippen LogP) is 6.17. The van der Waals surface area contributed by atoms with Gasteiger partial charge in [0.2, 0.25) is 0 Å². The molecule has 10 nitrogen and oxygen atoms in total. The summed E-state index contributed by atoms with van der Waals surface area (Å²) in [5.74, 6) is -4.79. The van der Waals surface area contributed by atoms with Crippen LogP contribution in [0.1, 0.15) is 33.2 Å². The molecule has 1 atom stereocenters. The van der Waals surface area contributed by atoms with Gasteiger partial charge in [-0.05, 0) is 48.4 Å². The Morgan fingerprint density at radius 3 is 2.62 bits per heavy atom. The Balaban J connectivity index is 1.15. The van der Waals surface area contributed by atoms with Crippen LogP contribution >= 0.6 is 11.3 Å². The van der Waals surface area contributed by atoms with Gasteiger partial charge in [-0.25, -0.2) is 37.3 Å². The van der Waals surface area contributed by atoms with Crippen LogP contribution in [-0.4, -0.2) is 53.1 Å². The molecule has 47 heavy (non-hydrogen) atoms. The van der Waals surface area contributed by atoms with Crippen LogP contribution in [0.15, 0.2) is 55.0 Å². The quantitative estimate of drug-likeness (QED) is 0.173. The van der Waals surface area contributed by atoms with Crippen molar-refractivity contribution >= 4 is 28.3 Å². The molecule has 0 bridgehead atoms. The highest BCUT2D eigenvalue weighted by molar-refractivity contribution is 7.15. The van der Waals surface area contributed by atoms with E-state index in [2.05, 4.69) is 20.1 Å². The molecule has 2 aromatic carbocycles. The monoisotopic (exact) mass is 664 g/mol. The van der Waals surface area contributed by atoms with Crippen molar-refractivity contribution in [3.05, 3.63) is 100 Å². The number of carbonyl (C=O) groups is 1. The van der Waals surface area contributed by atoms with E-state index < -0.39 is 35.1 Å². The largest absolute Gasteiger partial charge is 0.478 e. The van der Waals surface area contributed by atoms with Crippen LogP contribution in [0.5, 0.6) is 5.88 Å². The highest BCUT2D eigenvalue weighted by Gasteiger charge is 2.25. The molecule has 6 aromatic rings. The third-order valence-corrected chi connectivity index (χ3v) is 8.78. The number of pyridine rings is 1. The van der Waals surface area contributed by atoms with Crippen molar-refractivity contribution in [3.63, 3.8) is 0 Å². The molecule has 0 amide bonds. The topological polar surface area (TPSA) is 117 Å². The van der Waals surface area contributed by atoms with Gasteiger partial charge in [-0.1, -0.05) is 0 Å². The molecule has 0 radical (unpaired) electrons. The minimum absolute atomic E-state index is 0.0582. The van der Waals surface area contributed by atoms with Crippen molar-refractivity contribution in [1.82, 2.24) is 29.3 Å². The number of thiazole rings is 1. The second kappa shape index (κ2) is 12.2. The maximum Gasteiger partial charge on any atom is 0.335 e. The van der Waals surface area contributed by atoms with E-state index >= 15 is 8.78 Å². The van der Waals surface area contributed by atoms with Crippen molar-refractivity contribution in [2.24, 2.45) is 7.05 Å². The number of aromatic carboxylic acids is 1. The summed E-state index contributed by atoms with van der Waals surface area (Å²) in [6, 6.07) is 6.35. The van der Waals surface area contributed by atoms with Crippen molar-refractivity contribution in [2.45, 2.75) is 32.1 Å². The van der Waals surface area contributed by atoms with Gasteiger partial charge < -0.3 is 19.1 Å². The fraction of sp³-hybridized carbons (Fsp3) is 0.219. The highest BCUT2D eigenvalue weighted by atomic mass is 32.1. The van der Waals surface area contributed by atoms with Gasteiger partial charge in [-0.2, -0.15) is 5.10 Å². The number of aryl methyl sites for hydroxylation is 1. The summed E-state index contributed by atoms with van der Waals surface area (Å²) in [6.07, 6.45) is 5.46. The number of nitrogens with zero attached hydrogens (tertiary/aromatic N) is 6. The molecule has 0 saturated carbocycles. The van der Waals surface area contributed by atoms with Crippen LogP contribution in [0.4, 0.5) is 17.6 Å². The number of rotatable bonds is 10. The number of fused-ring (bicyclic) bond motifs is 1. The van der Waals surface area contributed by atoms with Crippen molar-refractivity contribution < 1.29 is 36.9 Å². The molecular formula is C32H24F4N6O4S. The molecule has 15 heteroatoms. The maximum atomic E-state index is 15.5. The van der Waals surface area contributed by atoms with Gasteiger partial charge >= 0.3 is 5.97 Å². The number of hydrogen-bond acceptors (Lipinski definition) is 8. The molecule has 1 fully saturated rings. The summed E-state index contributed by atoms with van der Waals surface area (Å²) in [6.45, 7) is 0.672. The molecule has 1 saturated heterocycles. The van der Waals surface area contributed by atoms with Gasteiger partial charge in [-0.15, -0.1) is 11.3 Å². The molecule has 240 valence electrons. The number of hydrogen-bond donors (Lipinski definition) is 1. The van der Waals surface area contributed by atoms with E-state index in [1.165, 1.54) is 23.5 Å². The number of carboxylic acid groups (broad SMARTS) is 1. The van der Waals surface area contributed by atoms with Crippen LogP contribution < -0.4 is 4.74 Å². The summed E-state index contributed by atoms with van der Waals surface area (Å²) in [5, 5.41) is 14.1. The number of benzene rings is 2. The summed E-state index contributed by atoms with van der Waals surface area (Å²) in [5.41, 5.74) is 0.357. The van der Waals surface area contributed by atoms with Crippen molar-refractivity contribution in [1.29, 1.82) is 0 Å². The molecule has 0 aliphatic carbocycles. The third kappa shape index (κ3) is 6.06. The molecule has 0 unspecified atom stereocenters. The molecule has 4 aromatic heterocycles. The SMILES string of the molecule is Cn1cc(-c2cnc(COc3nc(-c4cc(F)c(Cc5nc6c(F)cc(C(=O)O)cc6n5C[C@@H]5CCO5)cc4F)ccc3F)s2)cn1. The maximum absolute atomic E-state index is 15.5. The third-order valence-electron chi connectivity index (χ3n) is 7.76. The standard InChI is InChI=1S/C32H24F4N6O4S/c1-41-13-18(11-38-41)27-12-37-29(47-27)15-46-31-21(33)2-3-25(39-31)20-10-22(34)16(6-23(20)35)9-28-40-30-24(36)7-17(32(43)44)8-26(30)42(28)14-19-4-5-45-19/h2-3,6-8,10-13,19H,4-5,9,14-15H2,1H3,(H,43,44)/t19-/m0/s1. The molecule has 1 aliphatic rings. The Morgan fingerprint density at radius 2 is 1.89 bits per heavy atom. The minimum Gasteiger partial charge on any atom is -0.478 e. The lowest BCUT2D eigenvalue weighted by atomic mass is 10.0. The lowest BCUT2D eigenvalue weighted by molar-refractivity contribution is -0.0589.